The normalized spacial score (nSPS) is 21.3. The van der Waals surface area contributed by atoms with Crippen molar-refractivity contribution >= 4 is 22.5 Å². The van der Waals surface area contributed by atoms with Crippen LogP contribution < -0.4 is 0 Å². The van der Waals surface area contributed by atoms with E-state index in [1.165, 1.54) is 0 Å². The summed E-state index contributed by atoms with van der Waals surface area (Å²) >= 11 is 0. The third-order valence-corrected chi connectivity index (χ3v) is 4.65. The molecule has 3 rings (SSSR count). The molecule has 0 heterocycles. The van der Waals surface area contributed by atoms with Gasteiger partial charge in [-0.25, -0.2) is 0 Å². The van der Waals surface area contributed by atoms with Crippen molar-refractivity contribution in [2.75, 3.05) is 0 Å². The second-order valence-electron chi connectivity index (χ2n) is 6.10. The molecule has 0 radical (unpaired) electrons. The average Bonchev–Trinajstić information content (AvgIpc) is 2.49. The number of fused-ring (bicyclic) bond motifs is 3. The van der Waals surface area contributed by atoms with Crippen LogP contribution in [0.3, 0.4) is 0 Å². The van der Waals surface area contributed by atoms with E-state index in [1.54, 1.807) is 0 Å². The third-order valence-electron chi connectivity index (χ3n) is 4.65. The Morgan fingerprint density at radius 1 is 1.24 bits per heavy atom. The molecule has 1 aliphatic carbocycles. The molecular formula is C18H18O3. The molecule has 1 N–H and O–H groups in total. The second-order valence-corrected chi connectivity index (χ2v) is 6.10. The van der Waals surface area contributed by atoms with E-state index in [-0.39, 0.29) is 12.2 Å². The molecule has 1 aliphatic rings. The second kappa shape index (κ2) is 4.99. The zero-order valence-corrected chi connectivity index (χ0v) is 12.1. The van der Waals surface area contributed by atoms with Crippen LogP contribution in [0.2, 0.25) is 0 Å². The van der Waals surface area contributed by atoms with Crippen LogP contribution in [0.4, 0.5) is 0 Å². The molecule has 0 saturated heterocycles. The van der Waals surface area contributed by atoms with Gasteiger partial charge in [0.15, 0.2) is 5.78 Å². The molecule has 108 valence electrons. The van der Waals surface area contributed by atoms with E-state index in [9.17, 15) is 9.59 Å². The van der Waals surface area contributed by atoms with E-state index in [4.69, 9.17) is 5.11 Å². The van der Waals surface area contributed by atoms with Gasteiger partial charge in [0.2, 0.25) is 0 Å². The molecular weight excluding hydrogens is 264 g/mol. The summed E-state index contributed by atoms with van der Waals surface area (Å²) in [5, 5.41) is 11.2. The largest absolute Gasteiger partial charge is 0.481 e. The summed E-state index contributed by atoms with van der Waals surface area (Å²) in [5.74, 6) is -0.746. The number of aliphatic carboxylic acids is 1. The minimum Gasteiger partial charge on any atom is -0.481 e. The van der Waals surface area contributed by atoms with E-state index in [0.717, 1.165) is 34.7 Å². The lowest BCUT2D eigenvalue weighted by molar-refractivity contribution is -0.137. The first-order valence-corrected chi connectivity index (χ1v) is 7.28. The first-order chi connectivity index (χ1) is 10.0. The van der Waals surface area contributed by atoms with Crippen molar-refractivity contribution in [2.24, 2.45) is 5.41 Å². The minimum absolute atomic E-state index is 0.0468. The molecule has 1 unspecified atom stereocenters. The fourth-order valence-corrected chi connectivity index (χ4v) is 3.28. The number of rotatable bonds is 3. The molecule has 3 nitrogen and oxygen atoms in total. The number of hydrogen-bond acceptors (Lipinski definition) is 2. The Labute approximate surface area is 123 Å². The smallest absolute Gasteiger partial charge is 0.303 e. The Morgan fingerprint density at radius 3 is 2.76 bits per heavy atom. The maximum atomic E-state index is 12.8. The summed E-state index contributed by atoms with van der Waals surface area (Å²) in [7, 11) is 0. The summed E-state index contributed by atoms with van der Waals surface area (Å²) in [5.41, 5.74) is 1.34. The third kappa shape index (κ3) is 2.33. The lowest BCUT2D eigenvalue weighted by atomic mass is 9.68. The number of Topliss-reactive ketones (excluding diaryl/α,β-unsaturated/α-hetero) is 1. The predicted octanol–water partition coefficient (Wildman–Crippen LogP) is 3.84. The molecule has 0 aliphatic heterocycles. The number of aryl methyl sites for hydroxylation is 1. The van der Waals surface area contributed by atoms with Crippen molar-refractivity contribution < 1.29 is 14.7 Å². The van der Waals surface area contributed by atoms with Crippen LogP contribution >= 0.6 is 0 Å². The highest BCUT2D eigenvalue weighted by molar-refractivity contribution is 6.06. The molecule has 1 atom stereocenters. The highest BCUT2D eigenvalue weighted by atomic mass is 16.4. The van der Waals surface area contributed by atoms with Gasteiger partial charge in [-0.1, -0.05) is 43.3 Å². The van der Waals surface area contributed by atoms with E-state index in [0.29, 0.717) is 6.42 Å². The highest BCUT2D eigenvalue weighted by Gasteiger charge is 2.38. The number of benzene rings is 2. The zero-order chi connectivity index (χ0) is 15.0. The molecule has 0 spiro atoms. The van der Waals surface area contributed by atoms with Gasteiger partial charge in [0.1, 0.15) is 0 Å². The Morgan fingerprint density at radius 2 is 2.00 bits per heavy atom. The van der Waals surface area contributed by atoms with Gasteiger partial charge in [0.05, 0.1) is 0 Å². The molecule has 0 fully saturated rings. The summed E-state index contributed by atoms with van der Waals surface area (Å²) in [4.78, 5) is 23.6. The van der Waals surface area contributed by atoms with Crippen molar-refractivity contribution in [3.05, 3.63) is 47.5 Å². The Hall–Kier alpha value is -2.16. The first kappa shape index (κ1) is 13.8. The summed E-state index contributed by atoms with van der Waals surface area (Å²) in [6, 6.07) is 12.0. The van der Waals surface area contributed by atoms with Crippen LogP contribution in [0.15, 0.2) is 36.4 Å². The van der Waals surface area contributed by atoms with Crippen LogP contribution in [0, 0.1) is 5.41 Å². The Balaban J connectivity index is 2.02. The van der Waals surface area contributed by atoms with Crippen LogP contribution in [0.1, 0.15) is 42.1 Å². The van der Waals surface area contributed by atoms with Crippen LogP contribution in [-0.4, -0.2) is 16.9 Å². The van der Waals surface area contributed by atoms with Crippen molar-refractivity contribution in [1.82, 2.24) is 0 Å². The van der Waals surface area contributed by atoms with Gasteiger partial charge in [-0.15, -0.1) is 0 Å². The number of carboxylic acids is 1. The number of ketones is 1. The van der Waals surface area contributed by atoms with E-state index >= 15 is 0 Å². The number of carboxylic acid groups (broad SMARTS) is 1. The number of hydrogen-bond donors (Lipinski definition) is 1. The zero-order valence-electron chi connectivity index (χ0n) is 12.1. The van der Waals surface area contributed by atoms with Gasteiger partial charge in [-0.2, -0.15) is 0 Å². The fourth-order valence-electron chi connectivity index (χ4n) is 3.28. The molecule has 0 amide bonds. The van der Waals surface area contributed by atoms with Gasteiger partial charge in [-0.05, 0) is 35.6 Å². The van der Waals surface area contributed by atoms with E-state index < -0.39 is 11.4 Å². The molecule has 2 aromatic rings. The molecule has 0 aromatic heterocycles. The lowest BCUT2D eigenvalue weighted by Gasteiger charge is -2.33. The number of carbonyl (C=O) groups excluding carboxylic acids is 1. The van der Waals surface area contributed by atoms with Crippen LogP contribution in [-0.2, 0) is 11.2 Å². The SMILES string of the molecule is CC1(CCC(=O)O)CCc2c(ccc3ccccc23)C1=O. The maximum absolute atomic E-state index is 12.8. The predicted molar refractivity (Wildman–Crippen MR) is 81.6 cm³/mol. The maximum Gasteiger partial charge on any atom is 0.303 e. The van der Waals surface area contributed by atoms with Crippen LogP contribution in [0.25, 0.3) is 10.8 Å². The number of carbonyl (C=O) groups is 2. The van der Waals surface area contributed by atoms with Crippen LogP contribution in [0.5, 0.6) is 0 Å². The topological polar surface area (TPSA) is 54.4 Å². The minimum atomic E-state index is -0.840. The summed E-state index contributed by atoms with van der Waals surface area (Å²) in [6.45, 7) is 1.90. The standard InChI is InChI=1S/C18H18O3/c1-18(11-9-16(19)20)10-8-14-13-5-3-2-4-12(13)6-7-15(14)17(18)21/h2-7H,8-11H2,1H3,(H,19,20). The first-order valence-electron chi connectivity index (χ1n) is 7.28. The monoisotopic (exact) mass is 282 g/mol. The molecule has 21 heavy (non-hydrogen) atoms. The van der Waals surface area contributed by atoms with E-state index in [2.05, 4.69) is 12.1 Å². The van der Waals surface area contributed by atoms with Gasteiger partial charge in [0, 0.05) is 17.4 Å². The summed E-state index contributed by atoms with van der Waals surface area (Å²) in [6.07, 6.45) is 2.01. The van der Waals surface area contributed by atoms with Gasteiger partial charge in [-0.3, -0.25) is 9.59 Å². The van der Waals surface area contributed by atoms with Crippen molar-refractivity contribution in [1.29, 1.82) is 0 Å². The molecule has 0 saturated carbocycles. The molecule has 3 heteroatoms. The van der Waals surface area contributed by atoms with Gasteiger partial charge >= 0.3 is 5.97 Å². The Kier molecular flexibility index (Phi) is 3.28. The quantitative estimate of drug-likeness (QED) is 0.930. The van der Waals surface area contributed by atoms with Crippen molar-refractivity contribution in [3.8, 4) is 0 Å². The molecule has 0 bridgehead atoms. The van der Waals surface area contributed by atoms with Gasteiger partial charge in [0.25, 0.3) is 0 Å². The molecule has 2 aromatic carbocycles. The van der Waals surface area contributed by atoms with Gasteiger partial charge < -0.3 is 5.11 Å². The van der Waals surface area contributed by atoms with Crippen molar-refractivity contribution in [2.45, 2.75) is 32.6 Å². The highest BCUT2D eigenvalue weighted by Crippen LogP contribution is 2.41. The Bertz CT molecular complexity index is 732. The average molecular weight is 282 g/mol. The lowest BCUT2D eigenvalue weighted by Crippen LogP contribution is -2.34. The fraction of sp³-hybridized carbons (Fsp3) is 0.333. The van der Waals surface area contributed by atoms with Crippen molar-refractivity contribution in [3.63, 3.8) is 0 Å². The van der Waals surface area contributed by atoms with E-state index in [1.807, 2.05) is 31.2 Å². The summed E-state index contributed by atoms with van der Waals surface area (Å²) < 4.78 is 0.